The summed E-state index contributed by atoms with van der Waals surface area (Å²) in [6.45, 7) is 0. The summed E-state index contributed by atoms with van der Waals surface area (Å²) in [5.74, 6) is 1.94. The van der Waals surface area contributed by atoms with Crippen molar-refractivity contribution in [1.29, 1.82) is 0 Å². The second kappa shape index (κ2) is 9.17. The molecule has 0 radical (unpaired) electrons. The molecule has 2 saturated carbocycles. The number of aromatic nitrogens is 3. The van der Waals surface area contributed by atoms with Gasteiger partial charge < -0.3 is 4.90 Å². The van der Waals surface area contributed by atoms with E-state index in [9.17, 15) is 13.2 Å². The molecular formula is C23H30N4O3S2. The predicted molar refractivity (Wildman–Crippen MR) is 125 cm³/mol. The summed E-state index contributed by atoms with van der Waals surface area (Å²) in [4.78, 5) is 19.8. The maximum atomic E-state index is 13.1. The Bertz CT molecular complexity index is 1060. The van der Waals surface area contributed by atoms with Crippen LogP contribution in [0.2, 0.25) is 0 Å². The second-order valence-corrected chi connectivity index (χ2v) is 12.4. The summed E-state index contributed by atoms with van der Waals surface area (Å²) in [6.07, 6.45) is 8.46. The third kappa shape index (κ3) is 4.88. The average molecular weight is 475 g/mol. The molecule has 0 N–H and O–H groups in total. The molecule has 1 aliphatic heterocycles. The fourth-order valence-corrected chi connectivity index (χ4v) is 7.41. The zero-order valence-electron chi connectivity index (χ0n) is 18.2. The Balaban J connectivity index is 1.32. The lowest BCUT2D eigenvalue weighted by Crippen LogP contribution is -2.43. The van der Waals surface area contributed by atoms with Gasteiger partial charge in [-0.15, -0.1) is 5.10 Å². The van der Waals surface area contributed by atoms with Gasteiger partial charge >= 0.3 is 0 Å². The summed E-state index contributed by atoms with van der Waals surface area (Å²) < 4.78 is 25.8. The van der Waals surface area contributed by atoms with Crippen LogP contribution >= 0.6 is 11.8 Å². The standard InChI is InChI=1S/C23H30N4O3S2/c28-21(26(18-11-12-18)20-13-14-32(29,30)16-20)15-31-23-24-22(17-7-3-1-4-8-17)27(25-23)19-9-5-2-6-10-19/h2,5-6,9-10,17-18,20H,1,3-4,7-8,11-16H2/t20-/m1/s1. The van der Waals surface area contributed by atoms with E-state index in [0.717, 1.165) is 37.2 Å². The molecule has 32 heavy (non-hydrogen) atoms. The fraction of sp³-hybridized carbons (Fsp3) is 0.609. The highest BCUT2D eigenvalue weighted by molar-refractivity contribution is 7.99. The topological polar surface area (TPSA) is 85.2 Å². The number of sulfone groups is 1. The van der Waals surface area contributed by atoms with E-state index in [4.69, 9.17) is 10.1 Å². The van der Waals surface area contributed by atoms with E-state index in [1.807, 2.05) is 39.9 Å². The van der Waals surface area contributed by atoms with Crippen LogP contribution in [0.5, 0.6) is 0 Å². The average Bonchev–Trinajstić information content (AvgIpc) is 3.43. The molecule has 0 spiro atoms. The molecule has 3 fully saturated rings. The van der Waals surface area contributed by atoms with Crippen molar-refractivity contribution in [2.24, 2.45) is 0 Å². The zero-order valence-corrected chi connectivity index (χ0v) is 19.9. The smallest absolute Gasteiger partial charge is 0.233 e. The molecule has 1 aromatic carbocycles. The first-order valence-electron chi connectivity index (χ1n) is 11.7. The lowest BCUT2D eigenvalue weighted by molar-refractivity contribution is -0.130. The Morgan fingerprint density at radius 1 is 1.03 bits per heavy atom. The zero-order chi connectivity index (χ0) is 22.1. The number of hydrogen-bond donors (Lipinski definition) is 0. The summed E-state index contributed by atoms with van der Waals surface area (Å²) in [7, 11) is -3.02. The number of carbonyl (C=O) groups excluding carboxylic acids is 1. The molecule has 2 heterocycles. The highest BCUT2D eigenvalue weighted by Gasteiger charge is 2.42. The van der Waals surface area contributed by atoms with Gasteiger partial charge in [0.15, 0.2) is 9.84 Å². The number of para-hydroxylation sites is 1. The van der Waals surface area contributed by atoms with Crippen LogP contribution in [0, 0.1) is 0 Å². The third-order valence-corrected chi connectivity index (χ3v) is 9.31. The van der Waals surface area contributed by atoms with E-state index < -0.39 is 9.84 Å². The largest absolute Gasteiger partial charge is 0.335 e. The molecule has 7 nitrogen and oxygen atoms in total. The molecular weight excluding hydrogens is 444 g/mol. The number of benzene rings is 1. The van der Waals surface area contributed by atoms with Crippen molar-refractivity contribution in [3.8, 4) is 5.69 Å². The van der Waals surface area contributed by atoms with E-state index in [2.05, 4.69) is 0 Å². The van der Waals surface area contributed by atoms with Gasteiger partial charge in [0.25, 0.3) is 0 Å². The second-order valence-electron chi connectivity index (χ2n) is 9.21. The van der Waals surface area contributed by atoms with Crippen molar-refractivity contribution in [3.63, 3.8) is 0 Å². The predicted octanol–water partition coefficient (Wildman–Crippen LogP) is 3.59. The van der Waals surface area contributed by atoms with E-state index in [1.165, 1.54) is 31.0 Å². The molecule has 3 aliphatic rings. The van der Waals surface area contributed by atoms with Crippen molar-refractivity contribution in [2.75, 3.05) is 17.3 Å². The molecule has 1 atom stereocenters. The normalized spacial score (nSPS) is 23.3. The van der Waals surface area contributed by atoms with Gasteiger partial charge in [-0.25, -0.2) is 18.1 Å². The van der Waals surface area contributed by atoms with Crippen LogP contribution in [0.3, 0.4) is 0 Å². The highest BCUT2D eigenvalue weighted by atomic mass is 32.2. The molecule has 0 unspecified atom stereocenters. The van der Waals surface area contributed by atoms with E-state index >= 15 is 0 Å². The lowest BCUT2D eigenvalue weighted by Gasteiger charge is -2.28. The van der Waals surface area contributed by atoms with Crippen LogP contribution in [0.25, 0.3) is 5.69 Å². The first kappa shape index (κ1) is 21.9. The lowest BCUT2D eigenvalue weighted by atomic mass is 9.88. The van der Waals surface area contributed by atoms with Gasteiger partial charge in [0, 0.05) is 18.0 Å². The number of thioether (sulfide) groups is 1. The highest BCUT2D eigenvalue weighted by Crippen LogP contribution is 2.35. The van der Waals surface area contributed by atoms with Gasteiger partial charge in [0.2, 0.25) is 11.1 Å². The van der Waals surface area contributed by atoms with Crippen LogP contribution in [0.1, 0.15) is 63.1 Å². The maximum Gasteiger partial charge on any atom is 0.233 e. The van der Waals surface area contributed by atoms with Crippen LogP contribution in [0.15, 0.2) is 35.5 Å². The van der Waals surface area contributed by atoms with E-state index in [-0.39, 0.29) is 35.2 Å². The van der Waals surface area contributed by atoms with Gasteiger partial charge in [-0.1, -0.05) is 49.2 Å². The molecule has 1 aromatic heterocycles. The van der Waals surface area contributed by atoms with Crippen LogP contribution in [0.4, 0.5) is 0 Å². The van der Waals surface area contributed by atoms with Crippen LogP contribution < -0.4 is 0 Å². The molecule has 1 saturated heterocycles. The van der Waals surface area contributed by atoms with E-state index in [0.29, 0.717) is 17.5 Å². The van der Waals surface area contributed by atoms with Crippen molar-refractivity contribution in [3.05, 3.63) is 36.2 Å². The summed E-state index contributed by atoms with van der Waals surface area (Å²) in [5.41, 5.74) is 0.995. The molecule has 2 aliphatic carbocycles. The summed E-state index contributed by atoms with van der Waals surface area (Å²) in [6, 6.07) is 10.1. The SMILES string of the molecule is O=C(CSc1nc(C2CCCCC2)n(-c2ccccc2)n1)N(C1CC1)[C@@H]1CCS(=O)(=O)C1. The monoisotopic (exact) mass is 474 g/mol. The summed E-state index contributed by atoms with van der Waals surface area (Å²) in [5, 5.41) is 5.39. The molecule has 5 rings (SSSR count). The third-order valence-electron chi connectivity index (χ3n) is 6.74. The Kier molecular flexibility index (Phi) is 6.29. The van der Waals surface area contributed by atoms with Gasteiger partial charge in [-0.05, 0) is 44.2 Å². The molecule has 9 heteroatoms. The van der Waals surface area contributed by atoms with Crippen molar-refractivity contribution >= 4 is 27.5 Å². The van der Waals surface area contributed by atoms with Gasteiger partial charge in [-0.3, -0.25) is 4.79 Å². The Hall–Kier alpha value is -1.87. The number of nitrogens with zero attached hydrogens (tertiary/aromatic N) is 4. The van der Waals surface area contributed by atoms with Crippen molar-refractivity contribution in [1.82, 2.24) is 19.7 Å². The van der Waals surface area contributed by atoms with Crippen LogP contribution in [-0.2, 0) is 14.6 Å². The number of hydrogen-bond acceptors (Lipinski definition) is 6. The van der Waals surface area contributed by atoms with Crippen molar-refractivity contribution < 1.29 is 13.2 Å². The molecule has 1 amide bonds. The molecule has 0 bridgehead atoms. The number of carbonyl (C=O) groups is 1. The number of rotatable bonds is 7. The van der Waals surface area contributed by atoms with E-state index in [1.54, 1.807) is 0 Å². The van der Waals surface area contributed by atoms with Crippen LogP contribution in [-0.4, -0.2) is 63.3 Å². The summed E-state index contributed by atoms with van der Waals surface area (Å²) >= 11 is 1.37. The maximum absolute atomic E-state index is 13.1. The Morgan fingerprint density at radius 2 is 1.78 bits per heavy atom. The van der Waals surface area contributed by atoms with Crippen molar-refractivity contribution in [2.45, 2.75) is 74.5 Å². The first-order chi connectivity index (χ1) is 15.5. The number of amides is 1. The minimum Gasteiger partial charge on any atom is -0.335 e. The fourth-order valence-electron chi connectivity index (χ4n) is 5.00. The molecule has 172 valence electrons. The molecule has 2 aromatic rings. The minimum atomic E-state index is -3.02. The Labute approximate surface area is 193 Å². The van der Waals surface area contributed by atoms with Gasteiger partial charge in [-0.2, -0.15) is 0 Å². The quantitative estimate of drug-likeness (QED) is 0.570. The van der Waals surface area contributed by atoms with Gasteiger partial charge in [0.1, 0.15) is 5.82 Å². The Morgan fingerprint density at radius 3 is 2.44 bits per heavy atom. The first-order valence-corrected chi connectivity index (χ1v) is 14.5. The minimum absolute atomic E-state index is 0.00915. The van der Waals surface area contributed by atoms with Gasteiger partial charge in [0.05, 0.1) is 22.9 Å².